The van der Waals surface area contributed by atoms with Crippen molar-refractivity contribution in [2.75, 3.05) is 26.2 Å². The average Bonchev–Trinajstić information content (AvgIpc) is 3.11. The highest BCUT2D eigenvalue weighted by molar-refractivity contribution is 6.29. The first-order valence-corrected chi connectivity index (χ1v) is 8.74. The normalized spacial score (nSPS) is 26.0. The van der Waals surface area contributed by atoms with Crippen molar-refractivity contribution in [3.8, 4) is 0 Å². The van der Waals surface area contributed by atoms with Crippen molar-refractivity contribution in [1.82, 2.24) is 15.0 Å². The molecule has 1 saturated carbocycles. The minimum Gasteiger partial charge on any atom is -0.391 e. The minimum absolute atomic E-state index is 0.147. The number of aromatic nitrogens is 1. The molecule has 1 amide bonds. The fraction of sp³-hybridized carbons (Fsp3) is 0.750. The van der Waals surface area contributed by atoms with Gasteiger partial charge in [0.25, 0.3) is 0 Å². The van der Waals surface area contributed by atoms with Gasteiger partial charge in [-0.1, -0.05) is 5.16 Å². The molecule has 1 N–H and O–H groups in total. The number of piperazine rings is 1. The number of hydrogen-bond donors (Lipinski definition) is 1. The van der Waals surface area contributed by atoms with Crippen LogP contribution in [0.15, 0.2) is 4.52 Å². The lowest BCUT2D eigenvalue weighted by Crippen LogP contribution is -2.53. The largest absolute Gasteiger partial charge is 0.391 e. The van der Waals surface area contributed by atoms with E-state index in [0.29, 0.717) is 12.8 Å². The van der Waals surface area contributed by atoms with Crippen molar-refractivity contribution in [2.24, 2.45) is 0 Å². The van der Waals surface area contributed by atoms with E-state index >= 15 is 0 Å². The quantitative estimate of drug-likeness (QED) is 0.901. The maximum absolute atomic E-state index is 12.4. The van der Waals surface area contributed by atoms with Crippen LogP contribution in [0.4, 0.5) is 0 Å². The highest BCUT2D eigenvalue weighted by Crippen LogP contribution is 2.25. The fourth-order valence-electron chi connectivity index (χ4n) is 3.68. The Kier molecular flexibility index (Phi) is 5.24. The molecule has 3 rings (SSSR count). The molecule has 0 bridgehead atoms. The summed E-state index contributed by atoms with van der Waals surface area (Å²) >= 11 is 5.94. The third kappa shape index (κ3) is 3.70. The zero-order valence-electron chi connectivity index (χ0n) is 13.5. The molecular weight excluding hydrogens is 318 g/mol. The van der Waals surface area contributed by atoms with E-state index in [1.54, 1.807) is 0 Å². The zero-order chi connectivity index (χ0) is 16.4. The van der Waals surface area contributed by atoms with E-state index in [9.17, 15) is 9.90 Å². The monoisotopic (exact) mass is 341 g/mol. The zero-order valence-corrected chi connectivity index (χ0v) is 14.3. The van der Waals surface area contributed by atoms with Gasteiger partial charge in [-0.15, -0.1) is 0 Å². The Balaban J connectivity index is 1.47. The predicted molar refractivity (Wildman–Crippen MR) is 86.4 cm³/mol. The Morgan fingerprint density at radius 2 is 2.09 bits per heavy atom. The van der Waals surface area contributed by atoms with Gasteiger partial charge < -0.3 is 14.5 Å². The second-order valence-electron chi connectivity index (χ2n) is 6.50. The number of nitrogens with zero attached hydrogens (tertiary/aromatic N) is 3. The molecule has 2 fully saturated rings. The smallest absolute Gasteiger partial charge is 0.229 e. The maximum atomic E-state index is 12.4. The van der Waals surface area contributed by atoms with E-state index in [1.165, 1.54) is 0 Å². The Labute approximate surface area is 141 Å². The topological polar surface area (TPSA) is 69.8 Å². The third-order valence-electron chi connectivity index (χ3n) is 5.11. The van der Waals surface area contributed by atoms with Gasteiger partial charge in [-0.25, -0.2) is 0 Å². The first-order chi connectivity index (χ1) is 11.1. The van der Waals surface area contributed by atoms with Crippen LogP contribution in [0.25, 0.3) is 0 Å². The number of hydrogen-bond acceptors (Lipinski definition) is 5. The Hall–Kier alpha value is -1.11. The molecule has 7 heteroatoms. The summed E-state index contributed by atoms with van der Waals surface area (Å²) in [6, 6.07) is 0.283. The van der Waals surface area contributed by atoms with Crippen molar-refractivity contribution in [2.45, 2.75) is 51.2 Å². The molecule has 0 aromatic carbocycles. The molecule has 6 nitrogen and oxygen atoms in total. The molecule has 1 aromatic heterocycles. The van der Waals surface area contributed by atoms with Crippen LogP contribution < -0.4 is 0 Å². The summed E-state index contributed by atoms with van der Waals surface area (Å²) in [5, 5.41) is 14.1. The number of amides is 1. The number of aliphatic hydroxyl groups is 1. The standard InChI is InChI=1S/C16H24ClN3O3/c1-11-12(16(17)23-18-11)5-6-15(22)20-9-7-19(8-10-20)13-3-2-4-14(13)21/h13-14,21H,2-10H2,1H3/t13-,14+/m1/s1. The lowest BCUT2D eigenvalue weighted by atomic mass is 10.1. The van der Waals surface area contributed by atoms with Crippen molar-refractivity contribution in [3.05, 3.63) is 16.5 Å². The van der Waals surface area contributed by atoms with Crippen LogP contribution >= 0.6 is 11.6 Å². The van der Waals surface area contributed by atoms with Gasteiger partial charge in [0, 0.05) is 44.2 Å². The van der Waals surface area contributed by atoms with Crippen LogP contribution in [0.3, 0.4) is 0 Å². The van der Waals surface area contributed by atoms with E-state index in [0.717, 1.165) is 56.7 Å². The number of halogens is 1. The first-order valence-electron chi connectivity index (χ1n) is 8.37. The lowest BCUT2D eigenvalue weighted by Gasteiger charge is -2.39. The molecule has 2 aliphatic rings. The van der Waals surface area contributed by atoms with Gasteiger partial charge in [0.05, 0.1) is 11.8 Å². The van der Waals surface area contributed by atoms with Crippen LogP contribution in [0.1, 0.15) is 36.9 Å². The average molecular weight is 342 g/mol. The first kappa shape index (κ1) is 16.7. The van der Waals surface area contributed by atoms with Crippen molar-refractivity contribution in [3.63, 3.8) is 0 Å². The van der Waals surface area contributed by atoms with Crippen LogP contribution in [-0.4, -0.2) is 64.3 Å². The van der Waals surface area contributed by atoms with E-state index in [4.69, 9.17) is 16.1 Å². The van der Waals surface area contributed by atoms with Crippen molar-refractivity contribution >= 4 is 17.5 Å². The second kappa shape index (κ2) is 7.20. The van der Waals surface area contributed by atoms with Crippen molar-refractivity contribution in [1.29, 1.82) is 0 Å². The van der Waals surface area contributed by atoms with Gasteiger partial charge in [-0.3, -0.25) is 9.69 Å². The summed E-state index contributed by atoms with van der Waals surface area (Å²) in [6.07, 6.45) is 3.87. The van der Waals surface area contributed by atoms with Crippen LogP contribution in [0, 0.1) is 6.92 Å². The Morgan fingerprint density at radius 3 is 2.65 bits per heavy atom. The molecule has 0 spiro atoms. The second-order valence-corrected chi connectivity index (χ2v) is 6.85. The van der Waals surface area contributed by atoms with Crippen LogP contribution in [-0.2, 0) is 11.2 Å². The summed E-state index contributed by atoms with van der Waals surface area (Å²) in [4.78, 5) is 16.6. The number of carbonyl (C=O) groups is 1. The van der Waals surface area contributed by atoms with Gasteiger partial charge in [-0.05, 0) is 44.2 Å². The number of aliphatic hydroxyl groups excluding tert-OH is 1. The molecular formula is C16H24ClN3O3. The number of carbonyl (C=O) groups excluding carboxylic acids is 1. The number of rotatable bonds is 4. The van der Waals surface area contributed by atoms with Crippen LogP contribution in [0.2, 0.25) is 5.22 Å². The highest BCUT2D eigenvalue weighted by atomic mass is 35.5. The van der Waals surface area contributed by atoms with E-state index in [1.807, 2.05) is 11.8 Å². The van der Waals surface area contributed by atoms with Crippen molar-refractivity contribution < 1.29 is 14.4 Å². The summed E-state index contributed by atoms with van der Waals surface area (Å²) in [7, 11) is 0. The molecule has 2 atom stereocenters. The molecule has 1 saturated heterocycles. The minimum atomic E-state index is -0.198. The van der Waals surface area contributed by atoms with Gasteiger partial charge in [0.1, 0.15) is 0 Å². The predicted octanol–water partition coefficient (Wildman–Crippen LogP) is 1.63. The molecule has 1 aliphatic heterocycles. The molecule has 0 radical (unpaired) electrons. The van der Waals surface area contributed by atoms with Gasteiger partial charge >= 0.3 is 0 Å². The summed E-state index contributed by atoms with van der Waals surface area (Å²) in [5.74, 6) is 0.147. The molecule has 128 valence electrons. The van der Waals surface area contributed by atoms with E-state index in [-0.39, 0.29) is 23.3 Å². The van der Waals surface area contributed by atoms with E-state index < -0.39 is 0 Å². The van der Waals surface area contributed by atoms with Gasteiger partial charge in [0.2, 0.25) is 11.1 Å². The summed E-state index contributed by atoms with van der Waals surface area (Å²) < 4.78 is 4.91. The fourth-order valence-corrected chi connectivity index (χ4v) is 3.95. The van der Waals surface area contributed by atoms with Gasteiger partial charge in [-0.2, -0.15) is 0 Å². The maximum Gasteiger partial charge on any atom is 0.229 e. The summed E-state index contributed by atoms with van der Waals surface area (Å²) in [5.41, 5.74) is 1.58. The Bertz CT molecular complexity index is 535. The van der Waals surface area contributed by atoms with Gasteiger partial charge in [0.15, 0.2) is 0 Å². The number of aryl methyl sites for hydroxylation is 1. The molecule has 0 unspecified atom stereocenters. The highest BCUT2D eigenvalue weighted by Gasteiger charge is 2.33. The Morgan fingerprint density at radius 1 is 1.35 bits per heavy atom. The molecule has 2 heterocycles. The molecule has 1 aliphatic carbocycles. The third-order valence-corrected chi connectivity index (χ3v) is 5.40. The lowest BCUT2D eigenvalue weighted by molar-refractivity contribution is -0.133. The molecule has 1 aromatic rings. The van der Waals surface area contributed by atoms with E-state index in [2.05, 4.69) is 10.1 Å². The summed E-state index contributed by atoms with van der Waals surface area (Å²) in [6.45, 7) is 5.00. The molecule has 23 heavy (non-hydrogen) atoms. The van der Waals surface area contributed by atoms with Crippen LogP contribution in [0.5, 0.6) is 0 Å². The SMILES string of the molecule is Cc1noc(Cl)c1CCC(=O)N1CCN([C@@H]2CCC[C@@H]2O)CC1.